The standard InChI is InChI=1S/C16H13NO/c1-11-6-7-12(10-16(11)18)13-8-9-17-15-5-3-2-4-14(13)15/h2-10,18H,1H3. The SMILES string of the molecule is Cc1ccc(-c2ccnc3ccccc23)cc1O. The second-order valence-corrected chi connectivity index (χ2v) is 4.38. The van der Waals surface area contributed by atoms with E-state index in [0.29, 0.717) is 5.75 Å². The number of rotatable bonds is 1. The van der Waals surface area contributed by atoms with Crippen molar-refractivity contribution in [2.24, 2.45) is 0 Å². The van der Waals surface area contributed by atoms with Crippen molar-refractivity contribution < 1.29 is 5.11 Å². The maximum absolute atomic E-state index is 9.82. The van der Waals surface area contributed by atoms with Gasteiger partial charge in [0.05, 0.1) is 5.52 Å². The predicted octanol–water partition coefficient (Wildman–Crippen LogP) is 3.92. The molecule has 0 aliphatic heterocycles. The molecule has 2 heteroatoms. The van der Waals surface area contributed by atoms with Gasteiger partial charge < -0.3 is 5.11 Å². The molecule has 18 heavy (non-hydrogen) atoms. The number of aromatic hydroxyl groups is 1. The lowest BCUT2D eigenvalue weighted by Crippen LogP contribution is -1.84. The summed E-state index contributed by atoms with van der Waals surface area (Å²) in [4.78, 5) is 4.34. The molecule has 88 valence electrons. The van der Waals surface area contributed by atoms with Gasteiger partial charge in [-0.2, -0.15) is 0 Å². The molecule has 3 aromatic rings. The smallest absolute Gasteiger partial charge is 0.119 e. The highest BCUT2D eigenvalue weighted by Crippen LogP contribution is 2.30. The van der Waals surface area contributed by atoms with Gasteiger partial charge in [0.25, 0.3) is 0 Å². The van der Waals surface area contributed by atoms with E-state index in [-0.39, 0.29) is 0 Å². The van der Waals surface area contributed by atoms with Gasteiger partial charge >= 0.3 is 0 Å². The third-order valence-electron chi connectivity index (χ3n) is 3.17. The average Bonchev–Trinajstić information content (AvgIpc) is 2.41. The second-order valence-electron chi connectivity index (χ2n) is 4.38. The first-order chi connectivity index (χ1) is 8.75. The lowest BCUT2D eigenvalue weighted by Gasteiger charge is -2.07. The van der Waals surface area contributed by atoms with E-state index < -0.39 is 0 Å². The molecule has 3 rings (SSSR count). The predicted molar refractivity (Wildman–Crippen MR) is 73.6 cm³/mol. The van der Waals surface area contributed by atoms with Crippen molar-refractivity contribution in [3.63, 3.8) is 0 Å². The number of fused-ring (bicyclic) bond motifs is 1. The van der Waals surface area contributed by atoms with Gasteiger partial charge in [-0.3, -0.25) is 4.98 Å². The van der Waals surface area contributed by atoms with E-state index >= 15 is 0 Å². The van der Waals surface area contributed by atoms with E-state index in [0.717, 1.165) is 27.6 Å². The number of hydrogen-bond donors (Lipinski definition) is 1. The molecule has 0 spiro atoms. The molecular formula is C16H13NO. The van der Waals surface area contributed by atoms with Crippen LogP contribution in [0.1, 0.15) is 5.56 Å². The minimum absolute atomic E-state index is 0.327. The molecule has 1 N–H and O–H groups in total. The molecule has 0 amide bonds. The van der Waals surface area contributed by atoms with Crippen molar-refractivity contribution in [1.82, 2.24) is 4.98 Å². The van der Waals surface area contributed by atoms with E-state index in [1.165, 1.54) is 0 Å². The molecule has 0 unspecified atom stereocenters. The Morgan fingerprint density at radius 2 is 1.83 bits per heavy atom. The molecule has 0 atom stereocenters. The third kappa shape index (κ3) is 1.72. The maximum atomic E-state index is 9.82. The Morgan fingerprint density at radius 3 is 2.67 bits per heavy atom. The molecule has 2 aromatic carbocycles. The summed E-state index contributed by atoms with van der Waals surface area (Å²) in [7, 11) is 0. The molecule has 0 aliphatic carbocycles. The van der Waals surface area contributed by atoms with Crippen LogP contribution in [0.2, 0.25) is 0 Å². The van der Waals surface area contributed by atoms with E-state index in [1.807, 2.05) is 43.3 Å². The summed E-state index contributed by atoms with van der Waals surface area (Å²) < 4.78 is 0. The molecule has 2 nitrogen and oxygen atoms in total. The van der Waals surface area contributed by atoms with E-state index in [4.69, 9.17) is 0 Å². The fourth-order valence-corrected chi connectivity index (χ4v) is 2.12. The summed E-state index contributed by atoms with van der Waals surface area (Å²) in [5, 5.41) is 10.9. The van der Waals surface area contributed by atoms with Crippen LogP contribution in [0.25, 0.3) is 22.0 Å². The molecule has 0 bridgehead atoms. The number of aryl methyl sites for hydroxylation is 1. The Bertz CT molecular complexity index is 714. The van der Waals surface area contributed by atoms with E-state index in [1.54, 1.807) is 12.3 Å². The van der Waals surface area contributed by atoms with Gasteiger partial charge in [0.1, 0.15) is 5.75 Å². The maximum Gasteiger partial charge on any atom is 0.119 e. The summed E-state index contributed by atoms with van der Waals surface area (Å²) in [5.41, 5.74) is 3.96. The lowest BCUT2D eigenvalue weighted by molar-refractivity contribution is 0.471. The first kappa shape index (κ1) is 10.8. The van der Waals surface area contributed by atoms with Gasteiger partial charge in [0.2, 0.25) is 0 Å². The van der Waals surface area contributed by atoms with Crippen LogP contribution >= 0.6 is 0 Å². The van der Waals surface area contributed by atoms with Gasteiger partial charge in [-0.05, 0) is 41.8 Å². The number of phenolic OH excluding ortho intramolecular Hbond substituents is 1. The van der Waals surface area contributed by atoms with Crippen LogP contribution in [0, 0.1) is 6.92 Å². The zero-order chi connectivity index (χ0) is 12.5. The monoisotopic (exact) mass is 235 g/mol. The van der Waals surface area contributed by atoms with Crippen LogP contribution in [-0.2, 0) is 0 Å². The summed E-state index contributed by atoms with van der Waals surface area (Å²) in [5.74, 6) is 0.327. The normalized spacial score (nSPS) is 10.7. The Hall–Kier alpha value is -2.35. The molecule has 0 radical (unpaired) electrons. The summed E-state index contributed by atoms with van der Waals surface area (Å²) in [6.45, 7) is 1.89. The molecule has 0 saturated carbocycles. The number of hydrogen-bond acceptors (Lipinski definition) is 2. The highest BCUT2D eigenvalue weighted by Gasteiger charge is 2.05. The molecule has 1 aromatic heterocycles. The van der Waals surface area contributed by atoms with Crippen molar-refractivity contribution in [3.05, 3.63) is 60.3 Å². The van der Waals surface area contributed by atoms with Gasteiger partial charge in [-0.25, -0.2) is 0 Å². The van der Waals surface area contributed by atoms with Gasteiger partial charge in [-0.15, -0.1) is 0 Å². The second kappa shape index (κ2) is 4.15. The number of para-hydroxylation sites is 1. The Labute approximate surface area is 106 Å². The van der Waals surface area contributed by atoms with Crippen LogP contribution in [0.4, 0.5) is 0 Å². The van der Waals surface area contributed by atoms with Crippen LogP contribution in [0.3, 0.4) is 0 Å². The number of benzene rings is 2. The lowest BCUT2D eigenvalue weighted by atomic mass is 10.00. The molecule has 0 fully saturated rings. The number of pyridine rings is 1. The summed E-state index contributed by atoms with van der Waals surface area (Å²) in [6, 6.07) is 15.8. The fraction of sp³-hybridized carbons (Fsp3) is 0.0625. The van der Waals surface area contributed by atoms with Crippen molar-refractivity contribution in [3.8, 4) is 16.9 Å². The topological polar surface area (TPSA) is 33.1 Å². The first-order valence-electron chi connectivity index (χ1n) is 5.89. The Kier molecular flexibility index (Phi) is 2.49. The van der Waals surface area contributed by atoms with Crippen LogP contribution < -0.4 is 0 Å². The highest BCUT2D eigenvalue weighted by atomic mass is 16.3. The zero-order valence-corrected chi connectivity index (χ0v) is 10.1. The minimum atomic E-state index is 0.327. The zero-order valence-electron chi connectivity index (χ0n) is 10.1. The molecule has 1 heterocycles. The number of phenols is 1. The van der Waals surface area contributed by atoms with Crippen molar-refractivity contribution in [2.75, 3.05) is 0 Å². The summed E-state index contributed by atoms with van der Waals surface area (Å²) in [6.07, 6.45) is 1.80. The Balaban J connectivity index is 2.28. The molecule has 0 saturated heterocycles. The van der Waals surface area contributed by atoms with Crippen LogP contribution in [0.5, 0.6) is 5.75 Å². The van der Waals surface area contributed by atoms with Crippen molar-refractivity contribution in [2.45, 2.75) is 6.92 Å². The largest absolute Gasteiger partial charge is 0.508 e. The van der Waals surface area contributed by atoms with E-state index in [9.17, 15) is 5.11 Å². The summed E-state index contributed by atoms with van der Waals surface area (Å²) >= 11 is 0. The first-order valence-corrected chi connectivity index (χ1v) is 5.89. The Morgan fingerprint density at radius 1 is 1.00 bits per heavy atom. The number of nitrogens with zero attached hydrogens (tertiary/aromatic N) is 1. The van der Waals surface area contributed by atoms with Gasteiger partial charge in [0, 0.05) is 11.6 Å². The van der Waals surface area contributed by atoms with E-state index in [2.05, 4.69) is 11.1 Å². The minimum Gasteiger partial charge on any atom is -0.508 e. The average molecular weight is 235 g/mol. The highest BCUT2D eigenvalue weighted by molar-refractivity contribution is 5.94. The van der Waals surface area contributed by atoms with Crippen molar-refractivity contribution in [1.29, 1.82) is 0 Å². The fourth-order valence-electron chi connectivity index (χ4n) is 2.12. The quantitative estimate of drug-likeness (QED) is 0.693. The molecular weight excluding hydrogens is 222 g/mol. The van der Waals surface area contributed by atoms with Crippen LogP contribution in [-0.4, -0.2) is 10.1 Å². The van der Waals surface area contributed by atoms with Crippen molar-refractivity contribution >= 4 is 10.9 Å². The van der Waals surface area contributed by atoms with Crippen LogP contribution in [0.15, 0.2) is 54.7 Å². The number of aromatic nitrogens is 1. The third-order valence-corrected chi connectivity index (χ3v) is 3.17. The molecule has 0 aliphatic rings. The van der Waals surface area contributed by atoms with Gasteiger partial charge in [0.15, 0.2) is 0 Å². The van der Waals surface area contributed by atoms with Gasteiger partial charge in [-0.1, -0.05) is 30.3 Å².